The molecule has 0 spiro atoms. The van der Waals surface area contributed by atoms with E-state index in [0.29, 0.717) is 0 Å². The molecule has 1 aliphatic rings. The Morgan fingerprint density at radius 2 is 1.08 bits per heavy atom. The SMILES string of the molecule is Nc1c(C(=O)Cl)c(C(=O)Cl)c(N)c2c1C(=O)c1ccccc1C2=O. The lowest BCUT2D eigenvalue weighted by Gasteiger charge is -2.23. The van der Waals surface area contributed by atoms with Crippen molar-refractivity contribution in [1.29, 1.82) is 0 Å². The van der Waals surface area contributed by atoms with E-state index in [4.69, 9.17) is 34.7 Å². The molecule has 0 heterocycles. The second-order valence-corrected chi connectivity index (χ2v) is 5.77. The third kappa shape index (κ3) is 2.04. The molecule has 2 aromatic carbocycles. The monoisotopic (exact) mass is 362 g/mol. The van der Waals surface area contributed by atoms with E-state index in [1.165, 1.54) is 12.1 Å². The number of carbonyl (C=O) groups excluding carboxylic acids is 4. The van der Waals surface area contributed by atoms with Crippen LogP contribution in [0.25, 0.3) is 0 Å². The summed E-state index contributed by atoms with van der Waals surface area (Å²) >= 11 is 10.9. The number of benzene rings is 2. The van der Waals surface area contributed by atoms with Gasteiger partial charge in [-0.3, -0.25) is 19.2 Å². The number of fused-ring (bicyclic) bond motifs is 2. The summed E-state index contributed by atoms with van der Waals surface area (Å²) in [6, 6.07) is 6.07. The van der Waals surface area contributed by atoms with E-state index in [-0.39, 0.29) is 22.3 Å². The van der Waals surface area contributed by atoms with Crippen LogP contribution in [-0.2, 0) is 0 Å². The fraction of sp³-hybridized carbons (Fsp3) is 0. The van der Waals surface area contributed by atoms with Crippen molar-refractivity contribution in [3.05, 3.63) is 57.6 Å². The van der Waals surface area contributed by atoms with Crippen molar-refractivity contribution in [3.8, 4) is 0 Å². The Morgan fingerprint density at radius 1 is 0.750 bits per heavy atom. The van der Waals surface area contributed by atoms with Gasteiger partial charge in [0.05, 0.1) is 33.6 Å². The predicted molar refractivity (Wildman–Crippen MR) is 88.9 cm³/mol. The van der Waals surface area contributed by atoms with E-state index < -0.39 is 44.6 Å². The molecule has 24 heavy (non-hydrogen) atoms. The molecule has 0 bridgehead atoms. The molecule has 4 N–H and O–H groups in total. The zero-order chi connectivity index (χ0) is 17.8. The average molecular weight is 363 g/mol. The summed E-state index contributed by atoms with van der Waals surface area (Å²) in [5.74, 6) is -1.17. The Morgan fingerprint density at radius 3 is 1.38 bits per heavy atom. The minimum Gasteiger partial charge on any atom is -0.397 e. The van der Waals surface area contributed by atoms with Crippen LogP contribution in [0.15, 0.2) is 24.3 Å². The normalized spacial score (nSPS) is 12.6. The summed E-state index contributed by atoms with van der Waals surface area (Å²) in [4.78, 5) is 48.8. The second kappa shape index (κ2) is 5.43. The lowest BCUT2D eigenvalue weighted by atomic mass is 9.80. The minimum atomic E-state index is -1.11. The van der Waals surface area contributed by atoms with Crippen LogP contribution in [-0.4, -0.2) is 22.1 Å². The third-order valence-corrected chi connectivity index (χ3v) is 4.22. The lowest BCUT2D eigenvalue weighted by molar-refractivity contribution is 0.0979. The molecular weight excluding hydrogens is 355 g/mol. The fourth-order valence-electron chi connectivity index (χ4n) is 2.82. The van der Waals surface area contributed by atoms with Gasteiger partial charge < -0.3 is 11.5 Å². The molecule has 0 aliphatic heterocycles. The average Bonchev–Trinajstić information content (AvgIpc) is 2.53. The molecule has 0 saturated carbocycles. The Balaban J connectivity index is 2.50. The minimum absolute atomic E-state index is 0.124. The number of hydrogen-bond donors (Lipinski definition) is 2. The van der Waals surface area contributed by atoms with Crippen LogP contribution in [0.3, 0.4) is 0 Å². The van der Waals surface area contributed by atoms with Crippen LogP contribution >= 0.6 is 23.2 Å². The first kappa shape index (κ1) is 16.2. The fourth-order valence-corrected chi connectivity index (χ4v) is 3.21. The Kier molecular flexibility index (Phi) is 3.66. The summed E-state index contributed by atoms with van der Waals surface area (Å²) < 4.78 is 0. The van der Waals surface area contributed by atoms with Gasteiger partial charge >= 0.3 is 0 Å². The van der Waals surface area contributed by atoms with Crippen LogP contribution in [0.1, 0.15) is 52.6 Å². The van der Waals surface area contributed by atoms with Gasteiger partial charge in [0.2, 0.25) is 0 Å². The molecule has 0 saturated heterocycles. The van der Waals surface area contributed by atoms with Gasteiger partial charge in [0.25, 0.3) is 10.5 Å². The largest absolute Gasteiger partial charge is 0.397 e. The molecule has 8 heteroatoms. The van der Waals surface area contributed by atoms with Crippen LogP contribution < -0.4 is 11.5 Å². The number of nitrogens with two attached hydrogens (primary N) is 2. The van der Waals surface area contributed by atoms with Gasteiger partial charge in [-0.1, -0.05) is 24.3 Å². The predicted octanol–water partition coefficient (Wildman–Crippen LogP) is 2.38. The first-order valence-electron chi connectivity index (χ1n) is 6.60. The molecule has 1 aliphatic carbocycles. The highest BCUT2D eigenvalue weighted by molar-refractivity contribution is 6.73. The van der Waals surface area contributed by atoms with E-state index in [1.807, 2.05) is 0 Å². The number of halogens is 2. The van der Waals surface area contributed by atoms with Crippen molar-refractivity contribution < 1.29 is 19.2 Å². The molecule has 0 aromatic heterocycles. The van der Waals surface area contributed by atoms with Gasteiger partial charge in [0.15, 0.2) is 11.6 Å². The molecule has 2 aromatic rings. The van der Waals surface area contributed by atoms with Crippen molar-refractivity contribution >= 4 is 56.6 Å². The molecule has 0 atom stereocenters. The number of anilines is 2. The van der Waals surface area contributed by atoms with Crippen LogP contribution in [0.5, 0.6) is 0 Å². The maximum atomic E-state index is 12.7. The van der Waals surface area contributed by atoms with Gasteiger partial charge in [0.1, 0.15) is 0 Å². The topological polar surface area (TPSA) is 120 Å². The van der Waals surface area contributed by atoms with E-state index in [1.54, 1.807) is 12.1 Å². The molecule has 120 valence electrons. The van der Waals surface area contributed by atoms with Crippen molar-refractivity contribution in [1.82, 2.24) is 0 Å². The Bertz CT molecular complexity index is 905. The van der Waals surface area contributed by atoms with E-state index in [9.17, 15) is 19.2 Å². The summed E-state index contributed by atoms with van der Waals surface area (Å²) in [7, 11) is 0. The molecule has 6 nitrogen and oxygen atoms in total. The first-order chi connectivity index (χ1) is 11.3. The van der Waals surface area contributed by atoms with E-state index in [2.05, 4.69) is 0 Å². The van der Waals surface area contributed by atoms with Gasteiger partial charge in [0, 0.05) is 11.1 Å². The first-order valence-corrected chi connectivity index (χ1v) is 7.36. The third-order valence-electron chi connectivity index (χ3n) is 3.84. The molecular formula is C16H8Cl2N2O4. The summed E-state index contributed by atoms with van der Waals surface area (Å²) in [5, 5.41) is -2.21. The quantitative estimate of drug-likeness (QED) is 0.533. The number of ketones is 2. The molecule has 0 fully saturated rings. The number of rotatable bonds is 2. The summed E-state index contributed by atoms with van der Waals surface area (Å²) in [6.07, 6.45) is 0. The molecule has 0 unspecified atom stereocenters. The molecule has 0 amide bonds. The number of hydrogen-bond acceptors (Lipinski definition) is 6. The Hall–Kier alpha value is -2.70. The van der Waals surface area contributed by atoms with Gasteiger partial charge in [-0.2, -0.15) is 0 Å². The van der Waals surface area contributed by atoms with Crippen LogP contribution in [0.2, 0.25) is 0 Å². The Labute approximate surface area is 145 Å². The van der Waals surface area contributed by atoms with Crippen molar-refractivity contribution in [3.63, 3.8) is 0 Å². The second-order valence-electron chi connectivity index (χ2n) is 5.08. The highest BCUT2D eigenvalue weighted by Crippen LogP contribution is 2.40. The lowest BCUT2D eigenvalue weighted by Crippen LogP contribution is -2.27. The summed E-state index contributed by atoms with van der Waals surface area (Å²) in [6.45, 7) is 0. The van der Waals surface area contributed by atoms with E-state index in [0.717, 1.165) is 0 Å². The maximum Gasteiger partial charge on any atom is 0.255 e. The van der Waals surface area contributed by atoms with Crippen LogP contribution in [0, 0.1) is 0 Å². The molecule has 3 rings (SSSR count). The van der Waals surface area contributed by atoms with Crippen molar-refractivity contribution in [2.75, 3.05) is 11.5 Å². The van der Waals surface area contributed by atoms with E-state index >= 15 is 0 Å². The zero-order valence-electron chi connectivity index (χ0n) is 11.9. The molecule has 0 radical (unpaired) electrons. The number of carbonyl (C=O) groups is 4. The maximum absolute atomic E-state index is 12.7. The highest BCUT2D eigenvalue weighted by Gasteiger charge is 2.38. The standard InChI is InChI=1S/C16H8Cl2N2O4/c17-15(23)9-10(16(18)24)12(20)8-7(11(9)19)13(21)5-3-1-2-4-6(5)14(8)22/h1-4H,19-20H2. The number of nitrogen functional groups attached to an aromatic ring is 2. The zero-order valence-corrected chi connectivity index (χ0v) is 13.4. The van der Waals surface area contributed by atoms with Crippen molar-refractivity contribution in [2.24, 2.45) is 0 Å². The van der Waals surface area contributed by atoms with Crippen molar-refractivity contribution in [2.45, 2.75) is 0 Å². The van der Waals surface area contributed by atoms with Gasteiger partial charge in [-0.25, -0.2) is 0 Å². The highest BCUT2D eigenvalue weighted by atomic mass is 35.5. The van der Waals surface area contributed by atoms with Gasteiger partial charge in [-0.15, -0.1) is 0 Å². The smallest absolute Gasteiger partial charge is 0.255 e. The summed E-state index contributed by atoms with van der Waals surface area (Å²) in [5.41, 5.74) is 9.77. The van der Waals surface area contributed by atoms with Gasteiger partial charge in [-0.05, 0) is 23.2 Å². The van der Waals surface area contributed by atoms with Crippen LogP contribution in [0.4, 0.5) is 11.4 Å².